The summed E-state index contributed by atoms with van der Waals surface area (Å²) >= 11 is 4.54. The Bertz CT molecular complexity index is 639. The van der Waals surface area contributed by atoms with Gasteiger partial charge >= 0.3 is 5.97 Å². The predicted molar refractivity (Wildman–Crippen MR) is 77.6 cm³/mol. The molecule has 0 atom stereocenters. The molecule has 0 bridgehead atoms. The lowest BCUT2D eigenvalue weighted by Gasteiger charge is -2.07. The van der Waals surface area contributed by atoms with Crippen molar-refractivity contribution in [1.82, 2.24) is 19.7 Å². The van der Waals surface area contributed by atoms with Gasteiger partial charge in [0.15, 0.2) is 11.0 Å². The molecule has 6 nitrogen and oxygen atoms in total. The van der Waals surface area contributed by atoms with Crippen molar-refractivity contribution >= 4 is 33.7 Å². The van der Waals surface area contributed by atoms with Crippen molar-refractivity contribution in [2.24, 2.45) is 0 Å². The van der Waals surface area contributed by atoms with Crippen LogP contribution in [0.1, 0.15) is 18.9 Å². The summed E-state index contributed by atoms with van der Waals surface area (Å²) in [6, 6.07) is 4.14. The van der Waals surface area contributed by atoms with Crippen molar-refractivity contribution < 1.29 is 9.90 Å². The minimum atomic E-state index is -0.858. The summed E-state index contributed by atoms with van der Waals surface area (Å²) < 4.78 is 2.91. The first-order valence-corrected chi connectivity index (χ1v) is 7.84. The number of rotatable bonds is 5. The molecule has 1 aliphatic rings. The molecule has 0 spiro atoms. The molecular weight excluding hydrogens is 344 g/mol. The Balaban J connectivity index is 1.94. The summed E-state index contributed by atoms with van der Waals surface area (Å²) in [4.78, 5) is 15.0. The van der Waals surface area contributed by atoms with E-state index in [0.717, 1.165) is 23.0 Å². The van der Waals surface area contributed by atoms with Crippen LogP contribution in [0.25, 0.3) is 11.5 Å². The highest BCUT2D eigenvalue weighted by atomic mass is 79.9. The molecule has 2 aromatic rings. The lowest BCUT2D eigenvalue weighted by atomic mass is 10.3. The molecule has 2 aromatic heterocycles. The molecule has 0 aliphatic heterocycles. The second-order valence-electron chi connectivity index (χ2n) is 4.45. The van der Waals surface area contributed by atoms with Crippen LogP contribution in [0.2, 0.25) is 0 Å². The van der Waals surface area contributed by atoms with Gasteiger partial charge in [0, 0.05) is 16.7 Å². The normalized spacial score (nSPS) is 14.4. The van der Waals surface area contributed by atoms with Crippen molar-refractivity contribution in [2.75, 3.05) is 5.75 Å². The lowest BCUT2D eigenvalue weighted by Crippen LogP contribution is -2.03. The number of carbonyl (C=O) groups is 1. The predicted octanol–water partition coefficient (Wildman–Crippen LogP) is 2.61. The Morgan fingerprint density at radius 1 is 1.45 bits per heavy atom. The molecular formula is C12H11BrN4O2S. The molecule has 8 heteroatoms. The number of aliphatic carboxylic acids is 1. The van der Waals surface area contributed by atoms with Crippen LogP contribution in [0.3, 0.4) is 0 Å². The summed E-state index contributed by atoms with van der Waals surface area (Å²) in [5, 5.41) is 17.7. The van der Waals surface area contributed by atoms with E-state index >= 15 is 0 Å². The van der Waals surface area contributed by atoms with E-state index in [-0.39, 0.29) is 5.75 Å². The fraction of sp³-hybridized carbons (Fsp3) is 0.333. The topological polar surface area (TPSA) is 80.9 Å². The average molecular weight is 355 g/mol. The van der Waals surface area contributed by atoms with E-state index in [1.165, 1.54) is 11.8 Å². The van der Waals surface area contributed by atoms with Crippen LogP contribution in [0, 0.1) is 0 Å². The van der Waals surface area contributed by atoms with Crippen molar-refractivity contribution in [1.29, 1.82) is 0 Å². The lowest BCUT2D eigenvalue weighted by molar-refractivity contribution is -0.133. The Hall–Kier alpha value is -1.41. The van der Waals surface area contributed by atoms with Crippen LogP contribution in [0.4, 0.5) is 0 Å². The average Bonchev–Trinajstić information content (AvgIpc) is 3.17. The van der Waals surface area contributed by atoms with E-state index in [4.69, 9.17) is 5.11 Å². The van der Waals surface area contributed by atoms with Crippen LogP contribution in [-0.2, 0) is 4.79 Å². The van der Waals surface area contributed by atoms with E-state index in [2.05, 4.69) is 31.1 Å². The first-order chi connectivity index (χ1) is 9.65. The molecule has 0 unspecified atom stereocenters. The summed E-state index contributed by atoms with van der Waals surface area (Å²) in [7, 11) is 0. The van der Waals surface area contributed by atoms with E-state index in [0.29, 0.717) is 17.0 Å². The number of hydrogen-bond acceptors (Lipinski definition) is 5. The van der Waals surface area contributed by atoms with Crippen molar-refractivity contribution in [2.45, 2.75) is 24.0 Å². The molecule has 1 N–H and O–H groups in total. The van der Waals surface area contributed by atoms with Gasteiger partial charge in [-0.2, -0.15) is 0 Å². The number of halogens is 1. The standard InChI is InChI=1S/C12H11BrN4O2S/c13-7-1-4-9(14-5-7)11-15-16-12(20-6-10(18)19)17(11)8-2-3-8/h1,4-5,8H,2-3,6H2,(H,18,19). The number of hydrogen-bond donors (Lipinski definition) is 1. The number of thioether (sulfide) groups is 1. The van der Waals surface area contributed by atoms with Crippen LogP contribution in [-0.4, -0.2) is 36.6 Å². The van der Waals surface area contributed by atoms with Crippen LogP contribution >= 0.6 is 27.7 Å². The molecule has 3 rings (SSSR count). The number of nitrogens with zero attached hydrogens (tertiary/aromatic N) is 4. The Morgan fingerprint density at radius 3 is 2.85 bits per heavy atom. The maximum atomic E-state index is 10.7. The molecule has 1 saturated carbocycles. The Morgan fingerprint density at radius 2 is 2.25 bits per heavy atom. The third kappa shape index (κ3) is 2.85. The monoisotopic (exact) mass is 354 g/mol. The molecule has 1 aliphatic carbocycles. The third-order valence-corrected chi connectivity index (χ3v) is 4.25. The minimum Gasteiger partial charge on any atom is -0.481 e. The fourth-order valence-electron chi connectivity index (χ4n) is 1.85. The largest absolute Gasteiger partial charge is 0.481 e. The van der Waals surface area contributed by atoms with Gasteiger partial charge in [-0.15, -0.1) is 10.2 Å². The fourth-order valence-corrected chi connectivity index (χ4v) is 2.81. The van der Waals surface area contributed by atoms with Gasteiger partial charge in [0.05, 0.1) is 5.75 Å². The van der Waals surface area contributed by atoms with Crippen LogP contribution in [0.15, 0.2) is 28.0 Å². The third-order valence-electron chi connectivity index (χ3n) is 2.86. The summed E-state index contributed by atoms with van der Waals surface area (Å²) in [6.07, 6.45) is 3.86. The van der Waals surface area contributed by atoms with Gasteiger partial charge in [-0.3, -0.25) is 14.3 Å². The zero-order valence-electron chi connectivity index (χ0n) is 10.4. The molecule has 20 heavy (non-hydrogen) atoms. The second kappa shape index (κ2) is 5.53. The summed E-state index contributed by atoms with van der Waals surface area (Å²) in [5.41, 5.74) is 0.745. The van der Waals surface area contributed by atoms with E-state index < -0.39 is 5.97 Å². The molecule has 1 fully saturated rings. The molecule has 0 radical (unpaired) electrons. The summed E-state index contributed by atoms with van der Waals surface area (Å²) in [5.74, 6) is -0.171. The number of aromatic nitrogens is 4. The number of carboxylic acid groups (broad SMARTS) is 1. The van der Waals surface area contributed by atoms with E-state index in [9.17, 15) is 4.79 Å². The zero-order valence-corrected chi connectivity index (χ0v) is 12.8. The van der Waals surface area contributed by atoms with E-state index in [1.807, 2.05) is 16.7 Å². The number of carboxylic acids is 1. The number of pyridine rings is 1. The van der Waals surface area contributed by atoms with Gasteiger partial charge in [-0.25, -0.2) is 0 Å². The highest BCUT2D eigenvalue weighted by molar-refractivity contribution is 9.10. The maximum absolute atomic E-state index is 10.7. The van der Waals surface area contributed by atoms with Crippen molar-refractivity contribution in [3.8, 4) is 11.5 Å². The smallest absolute Gasteiger partial charge is 0.313 e. The maximum Gasteiger partial charge on any atom is 0.313 e. The van der Waals surface area contributed by atoms with Gasteiger partial charge in [-0.05, 0) is 40.9 Å². The molecule has 0 amide bonds. The van der Waals surface area contributed by atoms with Gasteiger partial charge in [0.2, 0.25) is 0 Å². The Labute approximate surface area is 127 Å². The molecule has 0 saturated heterocycles. The summed E-state index contributed by atoms with van der Waals surface area (Å²) in [6.45, 7) is 0. The molecule has 0 aromatic carbocycles. The quantitative estimate of drug-likeness (QED) is 0.831. The second-order valence-corrected chi connectivity index (χ2v) is 6.31. The molecule has 104 valence electrons. The van der Waals surface area contributed by atoms with Crippen molar-refractivity contribution in [3.63, 3.8) is 0 Å². The van der Waals surface area contributed by atoms with Gasteiger partial charge in [-0.1, -0.05) is 11.8 Å². The first kappa shape index (κ1) is 13.6. The highest BCUT2D eigenvalue weighted by Crippen LogP contribution is 2.40. The highest BCUT2D eigenvalue weighted by Gasteiger charge is 2.30. The van der Waals surface area contributed by atoms with Gasteiger partial charge in [0.25, 0.3) is 0 Å². The van der Waals surface area contributed by atoms with E-state index in [1.54, 1.807) is 6.20 Å². The SMILES string of the molecule is O=C(O)CSc1nnc(-c2ccc(Br)cn2)n1C1CC1. The van der Waals surface area contributed by atoms with Crippen LogP contribution in [0.5, 0.6) is 0 Å². The zero-order chi connectivity index (χ0) is 14.1. The van der Waals surface area contributed by atoms with Gasteiger partial charge < -0.3 is 5.11 Å². The van der Waals surface area contributed by atoms with Crippen LogP contribution < -0.4 is 0 Å². The van der Waals surface area contributed by atoms with Crippen molar-refractivity contribution in [3.05, 3.63) is 22.8 Å². The minimum absolute atomic E-state index is 0.0153. The Kier molecular flexibility index (Phi) is 3.75. The molecule has 2 heterocycles. The van der Waals surface area contributed by atoms with Gasteiger partial charge in [0.1, 0.15) is 5.69 Å². The first-order valence-electron chi connectivity index (χ1n) is 6.06.